The van der Waals surface area contributed by atoms with Gasteiger partial charge in [-0.2, -0.15) is 0 Å². The monoisotopic (exact) mass is 520 g/mol. The molecule has 1 spiro atoms. The summed E-state index contributed by atoms with van der Waals surface area (Å²) in [6.07, 6.45) is 1.50. The number of carbonyl (C=O) groups excluding carboxylic acids is 2. The van der Waals surface area contributed by atoms with Crippen molar-refractivity contribution in [1.29, 1.82) is 0 Å². The highest BCUT2D eigenvalue weighted by atomic mass is 79.9. The fraction of sp³-hybridized carbons (Fsp3) is 0.217. The van der Waals surface area contributed by atoms with Crippen LogP contribution < -0.4 is 9.47 Å². The smallest absolute Gasteiger partial charge is 0.210 e. The summed E-state index contributed by atoms with van der Waals surface area (Å²) in [5.74, 6) is 0.211. The molecule has 2 aromatic carbocycles. The Morgan fingerprint density at radius 2 is 1.84 bits per heavy atom. The van der Waals surface area contributed by atoms with Crippen molar-refractivity contribution >= 4 is 56.8 Å². The summed E-state index contributed by atoms with van der Waals surface area (Å²) in [6.45, 7) is 1.33. The molecule has 2 atom stereocenters. The number of carbonyl (C=O) groups is 2. The molecule has 0 saturated heterocycles. The van der Waals surface area contributed by atoms with Crippen LogP contribution in [0.1, 0.15) is 24.5 Å². The van der Waals surface area contributed by atoms with E-state index in [1.165, 1.54) is 6.92 Å². The van der Waals surface area contributed by atoms with Crippen LogP contribution in [0.4, 0.5) is 0 Å². The zero-order valence-corrected chi connectivity index (χ0v) is 19.3. The van der Waals surface area contributed by atoms with Crippen molar-refractivity contribution in [3.63, 3.8) is 0 Å². The molecule has 3 aliphatic rings. The van der Waals surface area contributed by atoms with Crippen molar-refractivity contribution in [2.24, 2.45) is 0 Å². The topological polar surface area (TPSA) is 72.8 Å². The maximum atomic E-state index is 13.4. The summed E-state index contributed by atoms with van der Waals surface area (Å²) in [6, 6.07) is 10.2. The average Bonchev–Trinajstić information content (AvgIpc) is 3.10. The molecule has 1 aliphatic carbocycles. The minimum atomic E-state index is -2.15. The lowest BCUT2D eigenvalue weighted by Gasteiger charge is -2.48. The molecule has 2 heterocycles. The third-order valence-electron chi connectivity index (χ3n) is 5.86. The van der Waals surface area contributed by atoms with E-state index in [1.54, 1.807) is 42.5 Å². The lowest BCUT2D eigenvalue weighted by Crippen LogP contribution is -2.66. The number of fused-ring (bicyclic) bond motifs is 4. The van der Waals surface area contributed by atoms with Crippen molar-refractivity contribution < 1.29 is 24.2 Å². The Morgan fingerprint density at radius 1 is 1.16 bits per heavy atom. The second-order valence-electron chi connectivity index (χ2n) is 7.91. The van der Waals surface area contributed by atoms with Gasteiger partial charge in [0.25, 0.3) is 0 Å². The molecule has 0 bridgehead atoms. The summed E-state index contributed by atoms with van der Waals surface area (Å²) in [7, 11) is 0. The molecule has 1 N–H and O–H groups in total. The number of hydrogen-bond donors (Lipinski definition) is 1. The Kier molecular flexibility index (Phi) is 4.65. The van der Waals surface area contributed by atoms with Crippen LogP contribution in [-0.2, 0) is 16.0 Å². The molecule has 31 heavy (non-hydrogen) atoms. The summed E-state index contributed by atoms with van der Waals surface area (Å²) >= 11 is 15.6. The number of rotatable bonds is 2. The van der Waals surface area contributed by atoms with Crippen LogP contribution in [-0.4, -0.2) is 27.9 Å². The first-order valence-electron chi connectivity index (χ1n) is 9.48. The predicted octanol–water partition coefficient (Wildman–Crippen LogP) is 5.04. The third-order valence-corrected chi connectivity index (χ3v) is 7.05. The molecular formula is C23H15BrCl2O5. The number of Topliss-reactive ketones (excluding diaryl/α,β-unsaturated/α-hetero) is 2. The van der Waals surface area contributed by atoms with Gasteiger partial charge in [0.1, 0.15) is 21.8 Å². The van der Waals surface area contributed by atoms with Gasteiger partial charge < -0.3 is 14.6 Å². The van der Waals surface area contributed by atoms with Crippen molar-refractivity contribution in [3.05, 3.63) is 73.4 Å². The van der Waals surface area contributed by atoms with E-state index in [4.69, 9.17) is 32.7 Å². The quantitative estimate of drug-likeness (QED) is 0.599. The predicted molar refractivity (Wildman–Crippen MR) is 120 cm³/mol. The summed E-state index contributed by atoms with van der Waals surface area (Å²) in [5.41, 5.74) is -1.89. The number of halogens is 3. The van der Waals surface area contributed by atoms with E-state index in [2.05, 4.69) is 15.9 Å². The van der Waals surface area contributed by atoms with E-state index in [0.29, 0.717) is 32.7 Å². The molecular weight excluding hydrogens is 507 g/mol. The van der Waals surface area contributed by atoms with Gasteiger partial charge in [0, 0.05) is 39.6 Å². The Labute approximate surface area is 196 Å². The largest absolute Gasteiger partial charge is 0.478 e. The second-order valence-corrected chi connectivity index (χ2v) is 9.58. The molecule has 0 aromatic heterocycles. The second kappa shape index (κ2) is 6.94. The van der Waals surface area contributed by atoms with Crippen LogP contribution in [0.25, 0.3) is 6.08 Å². The van der Waals surface area contributed by atoms with Gasteiger partial charge in [0.15, 0.2) is 17.0 Å². The van der Waals surface area contributed by atoms with Crippen molar-refractivity contribution in [1.82, 2.24) is 0 Å². The van der Waals surface area contributed by atoms with Crippen LogP contribution in [0.15, 0.2) is 52.2 Å². The first kappa shape index (κ1) is 20.8. The summed E-state index contributed by atoms with van der Waals surface area (Å²) in [5, 5.41) is 12.8. The third kappa shape index (κ3) is 2.93. The maximum absolute atomic E-state index is 13.4. The van der Waals surface area contributed by atoms with Gasteiger partial charge in [0.05, 0.1) is 0 Å². The molecule has 0 radical (unpaired) electrons. The van der Waals surface area contributed by atoms with E-state index in [1.807, 2.05) is 0 Å². The molecule has 5 rings (SSSR count). The lowest BCUT2D eigenvalue weighted by molar-refractivity contribution is -0.160. The van der Waals surface area contributed by atoms with E-state index < -0.39 is 23.4 Å². The number of ketones is 2. The number of ether oxygens (including phenoxy) is 2. The van der Waals surface area contributed by atoms with E-state index in [9.17, 15) is 14.7 Å². The van der Waals surface area contributed by atoms with Gasteiger partial charge in [-0.3, -0.25) is 9.59 Å². The minimum absolute atomic E-state index is 0.0475. The van der Waals surface area contributed by atoms with Gasteiger partial charge in [-0.25, -0.2) is 0 Å². The molecule has 2 aliphatic heterocycles. The van der Waals surface area contributed by atoms with Crippen LogP contribution in [0.5, 0.6) is 11.5 Å². The average molecular weight is 522 g/mol. The SMILES string of the molecule is CC(=O)C[C@]1(O)C(=O)C(Br)=C2Oc3ccc(Cl)cc3C=C2[C@@]12Cc1cc(Cl)ccc1O2. The molecule has 0 amide bonds. The number of aliphatic hydroxyl groups is 1. The molecule has 0 saturated carbocycles. The molecule has 0 fully saturated rings. The molecule has 2 aromatic rings. The Hall–Kier alpha value is -2.12. The zero-order chi connectivity index (χ0) is 22.1. The van der Waals surface area contributed by atoms with E-state index >= 15 is 0 Å². The summed E-state index contributed by atoms with van der Waals surface area (Å²) < 4.78 is 12.4. The van der Waals surface area contributed by atoms with Crippen LogP contribution in [0.2, 0.25) is 10.0 Å². The molecule has 158 valence electrons. The highest BCUT2D eigenvalue weighted by molar-refractivity contribution is 9.12. The zero-order valence-electron chi connectivity index (χ0n) is 16.2. The minimum Gasteiger partial charge on any atom is -0.478 e. The Morgan fingerprint density at radius 3 is 2.55 bits per heavy atom. The van der Waals surface area contributed by atoms with Gasteiger partial charge in [0.2, 0.25) is 5.78 Å². The van der Waals surface area contributed by atoms with E-state index in [0.717, 1.165) is 5.56 Å². The maximum Gasteiger partial charge on any atom is 0.210 e. The Balaban J connectivity index is 1.80. The number of benzene rings is 2. The van der Waals surface area contributed by atoms with Crippen molar-refractivity contribution in [2.75, 3.05) is 0 Å². The lowest BCUT2D eigenvalue weighted by atomic mass is 9.65. The van der Waals surface area contributed by atoms with Crippen LogP contribution in [0.3, 0.4) is 0 Å². The first-order chi connectivity index (χ1) is 14.6. The van der Waals surface area contributed by atoms with Gasteiger partial charge >= 0.3 is 0 Å². The van der Waals surface area contributed by atoms with Crippen LogP contribution >= 0.6 is 39.1 Å². The fourth-order valence-corrected chi connectivity index (χ4v) is 5.50. The van der Waals surface area contributed by atoms with Gasteiger partial charge in [-0.1, -0.05) is 23.2 Å². The normalized spacial score (nSPS) is 26.0. The van der Waals surface area contributed by atoms with Crippen molar-refractivity contribution in [3.8, 4) is 11.5 Å². The summed E-state index contributed by atoms with van der Waals surface area (Å²) in [4.78, 5) is 25.6. The van der Waals surface area contributed by atoms with Crippen molar-refractivity contribution in [2.45, 2.75) is 31.0 Å². The van der Waals surface area contributed by atoms with Gasteiger partial charge in [-0.05, 0) is 65.3 Å². The molecule has 8 heteroatoms. The molecule has 0 unspecified atom stereocenters. The Bertz CT molecular complexity index is 1250. The van der Waals surface area contributed by atoms with E-state index in [-0.39, 0.29) is 22.4 Å². The first-order valence-corrected chi connectivity index (χ1v) is 11.0. The van der Waals surface area contributed by atoms with Gasteiger partial charge in [-0.15, -0.1) is 0 Å². The fourth-order valence-electron chi connectivity index (χ4n) is 4.51. The highest BCUT2D eigenvalue weighted by Gasteiger charge is 2.67. The molecule has 5 nitrogen and oxygen atoms in total. The number of hydrogen-bond acceptors (Lipinski definition) is 5. The highest BCUT2D eigenvalue weighted by Crippen LogP contribution is 2.56. The van der Waals surface area contributed by atoms with Crippen LogP contribution in [0, 0.1) is 0 Å². The standard InChI is InChI=1S/C23H15BrCl2O5/c1-11(27)9-22(29)21(28)19(24)20-16(8-12-6-14(25)2-4-17(12)30-20)23(22)10-13-7-15(26)3-5-18(13)31-23/h2-8,29H,9-10H2,1H3/t22-,23-/m0/s1.